The molecule has 0 bridgehead atoms. The number of carboxylic acid groups (broad SMARTS) is 1. The fourth-order valence-electron chi connectivity index (χ4n) is 2.18. The molecule has 0 amide bonds. The number of nitrogens with zero attached hydrogens (tertiary/aromatic N) is 1. The van der Waals surface area contributed by atoms with Crippen LogP contribution in [0.3, 0.4) is 0 Å². The molecule has 0 aromatic heterocycles. The van der Waals surface area contributed by atoms with E-state index in [9.17, 15) is 23.1 Å². The lowest BCUT2D eigenvalue weighted by atomic mass is 9.86. The van der Waals surface area contributed by atoms with Gasteiger partial charge in [0.05, 0.1) is 13.2 Å². The lowest BCUT2D eigenvalue weighted by Gasteiger charge is -2.31. The monoisotopic (exact) mass is 269 g/mol. The molecule has 1 fully saturated rings. The van der Waals surface area contributed by atoms with E-state index >= 15 is 0 Å². The average molecular weight is 269 g/mol. The molecule has 0 aromatic carbocycles. The normalized spacial score (nSPS) is 24.7. The minimum absolute atomic E-state index is 0.0135. The molecule has 1 unspecified atom stereocenters. The number of hydrogen-bond acceptors (Lipinski definition) is 3. The predicted octanol–water partition coefficient (Wildman–Crippen LogP) is 1.75. The van der Waals surface area contributed by atoms with Crippen molar-refractivity contribution in [1.29, 1.82) is 0 Å². The van der Waals surface area contributed by atoms with Gasteiger partial charge in [-0.15, -0.1) is 0 Å². The SMILES string of the molecule is CCCN(CC(F)(F)F)CC1(C(=O)O)CCOC1. The molecule has 1 saturated heterocycles. The molecule has 0 aliphatic carbocycles. The fraction of sp³-hybridized carbons (Fsp3) is 0.909. The van der Waals surface area contributed by atoms with Gasteiger partial charge in [0.1, 0.15) is 5.41 Å². The van der Waals surface area contributed by atoms with Crippen LogP contribution in [0.4, 0.5) is 13.2 Å². The second-order valence-corrected chi connectivity index (χ2v) is 4.71. The highest BCUT2D eigenvalue weighted by atomic mass is 19.4. The Balaban J connectivity index is 2.71. The zero-order valence-electron chi connectivity index (χ0n) is 10.3. The molecule has 1 aliphatic rings. The van der Waals surface area contributed by atoms with E-state index in [2.05, 4.69) is 0 Å². The van der Waals surface area contributed by atoms with Gasteiger partial charge < -0.3 is 9.84 Å². The summed E-state index contributed by atoms with van der Waals surface area (Å²) < 4.78 is 42.3. The van der Waals surface area contributed by atoms with Gasteiger partial charge in [0.2, 0.25) is 0 Å². The Morgan fingerprint density at radius 3 is 2.56 bits per heavy atom. The van der Waals surface area contributed by atoms with Crippen LogP contribution in [-0.2, 0) is 9.53 Å². The van der Waals surface area contributed by atoms with E-state index < -0.39 is 24.1 Å². The number of aliphatic carboxylic acids is 1. The minimum Gasteiger partial charge on any atom is -0.481 e. The van der Waals surface area contributed by atoms with Crippen molar-refractivity contribution in [2.24, 2.45) is 5.41 Å². The van der Waals surface area contributed by atoms with Crippen molar-refractivity contribution >= 4 is 5.97 Å². The van der Waals surface area contributed by atoms with Gasteiger partial charge in [-0.2, -0.15) is 13.2 Å². The lowest BCUT2D eigenvalue weighted by molar-refractivity contribution is -0.160. The zero-order valence-corrected chi connectivity index (χ0v) is 10.3. The molecule has 0 radical (unpaired) electrons. The Kier molecular flexibility index (Phi) is 4.98. The van der Waals surface area contributed by atoms with Crippen molar-refractivity contribution in [3.8, 4) is 0 Å². The van der Waals surface area contributed by atoms with Crippen molar-refractivity contribution < 1.29 is 27.8 Å². The van der Waals surface area contributed by atoms with Gasteiger partial charge in [-0.3, -0.25) is 9.69 Å². The average Bonchev–Trinajstić information content (AvgIpc) is 2.65. The number of halogens is 3. The van der Waals surface area contributed by atoms with Crippen LogP contribution in [0, 0.1) is 5.41 Å². The van der Waals surface area contributed by atoms with Crippen LogP contribution in [0.2, 0.25) is 0 Å². The van der Waals surface area contributed by atoms with Crippen molar-refractivity contribution in [3.63, 3.8) is 0 Å². The molecule has 1 heterocycles. The summed E-state index contributed by atoms with van der Waals surface area (Å²) >= 11 is 0. The third-order valence-electron chi connectivity index (χ3n) is 3.03. The first-order valence-corrected chi connectivity index (χ1v) is 5.89. The smallest absolute Gasteiger partial charge is 0.401 e. The van der Waals surface area contributed by atoms with Crippen LogP contribution in [-0.4, -0.2) is 55.0 Å². The molecule has 4 nitrogen and oxygen atoms in total. The van der Waals surface area contributed by atoms with Gasteiger partial charge in [-0.05, 0) is 19.4 Å². The number of rotatable bonds is 6. The number of alkyl halides is 3. The summed E-state index contributed by atoms with van der Waals surface area (Å²) in [5, 5.41) is 9.19. The quantitative estimate of drug-likeness (QED) is 0.798. The maximum Gasteiger partial charge on any atom is 0.401 e. The second kappa shape index (κ2) is 5.88. The highest BCUT2D eigenvalue weighted by molar-refractivity contribution is 5.75. The van der Waals surface area contributed by atoms with E-state index in [0.717, 1.165) is 4.90 Å². The van der Waals surface area contributed by atoms with Crippen molar-refractivity contribution in [2.45, 2.75) is 25.9 Å². The number of hydrogen-bond donors (Lipinski definition) is 1. The summed E-state index contributed by atoms with van der Waals surface area (Å²) in [7, 11) is 0. The van der Waals surface area contributed by atoms with Crippen molar-refractivity contribution in [1.82, 2.24) is 4.90 Å². The van der Waals surface area contributed by atoms with Gasteiger partial charge in [-0.1, -0.05) is 6.92 Å². The molecular formula is C11H18F3NO3. The molecule has 0 aromatic rings. The van der Waals surface area contributed by atoms with E-state index in [1.807, 2.05) is 0 Å². The van der Waals surface area contributed by atoms with Gasteiger partial charge in [0, 0.05) is 13.2 Å². The second-order valence-electron chi connectivity index (χ2n) is 4.71. The lowest BCUT2D eigenvalue weighted by Crippen LogP contribution is -2.47. The van der Waals surface area contributed by atoms with E-state index in [-0.39, 0.29) is 32.7 Å². The fourth-order valence-corrected chi connectivity index (χ4v) is 2.18. The van der Waals surface area contributed by atoms with Gasteiger partial charge in [0.25, 0.3) is 0 Å². The molecule has 18 heavy (non-hydrogen) atoms. The van der Waals surface area contributed by atoms with Gasteiger partial charge in [0.15, 0.2) is 0 Å². The Morgan fingerprint density at radius 2 is 2.17 bits per heavy atom. The molecule has 1 atom stereocenters. The molecule has 7 heteroatoms. The van der Waals surface area contributed by atoms with E-state index in [0.29, 0.717) is 6.42 Å². The summed E-state index contributed by atoms with van der Waals surface area (Å²) in [4.78, 5) is 12.4. The van der Waals surface area contributed by atoms with Crippen LogP contribution in [0.25, 0.3) is 0 Å². The highest BCUT2D eigenvalue weighted by Gasteiger charge is 2.45. The van der Waals surface area contributed by atoms with Crippen LogP contribution >= 0.6 is 0 Å². The predicted molar refractivity (Wildman–Crippen MR) is 58.3 cm³/mol. The number of ether oxygens (including phenoxy) is 1. The van der Waals surface area contributed by atoms with Crippen LogP contribution in [0.5, 0.6) is 0 Å². The van der Waals surface area contributed by atoms with Gasteiger partial charge >= 0.3 is 12.1 Å². The third-order valence-corrected chi connectivity index (χ3v) is 3.03. The highest BCUT2D eigenvalue weighted by Crippen LogP contribution is 2.31. The maximum atomic E-state index is 12.4. The Bertz CT molecular complexity index is 288. The summed E-state index contributed by atoms with van der Waals surface area (Å²) in [5.74, 6) is -1.08. The number of carboxylic acids is 1. The van der Waals surface area contributed by atoms with E-state index in [4.69, 9.17) is 4.74 Å². The Hall–Kier alpha value is -0.820. The minimum atomic E-state index is -4.31. The molecule has 106 valence electrons. The summed E-state index contributed by atoms with van der Waals surface area (Å²) in [6.45, 7) is 1.08. The molecule has 1 aliphatic heterocycles. The maximum absolute atomic E-state index is 12.4. The topological polar surface area (TPSA) is 49.8 Å². The first-order valence-electron chi connectivity index (χ1n) is 5.89. The molecule has 0 spiro atoms. The first kappa shape index (κ1) is 15.2. The van der Waals surface area contributed by atoms with Gasteiger partial charge in [-0.25, -0.2) is 0 Å². The van der Waals surface area contributed by atoms with E-state index in [1.165, 1.54) is 0 Å². The largest absolute Gasteiger partial charge is 0.481 e. The standard InChI is InChI=1S/C11H18F3NO3/c1-2-4-15(7-11(12,13)14)6-10(9(16)17)3-5-18-8-10/h2-8H2,1H3,(H,16,17). The van der Waals surface area contributed by atoms with Crippen molar-refractivity contribution in [3.05, 3.63) is 0 Å². The zero-order chi connectivity index (χ0) is 13.8. The Labute approximate surface area is 104 Å². The summed E-state index contributed by atoms with van der Waals surface area (Å²) in [6, 6.07) is 0. The molecule has 1 N–H and O–H groups in total. The van der Waals surface area contributed by atoms with Crippen LogP contribution < -0.4 is 0 Å². The molecular weight excluding hydrogens is 251 g/mol. The Morgan fingerprint density at radius 1 is 1.50 bits per heavy atom. The summed E-state index contributed by atoms with van der Waals surface area (Å²) in [6.07, 6.45) is -3.50. The van der Waals surface area contributed by atoms with Crippen LogP contribution in [0.1, 0.15) is 19.8 Å². The molecule has 0 saturated carbocycles. The number of carbonyl (C=O) groups is 1. The third kappa shape index (κ3) is 4.13. The van der Waals surface area contributed by atoms with Crippen LogP contribution in [0.15, 0.2) is 0 Å². The molecule has 1 rings (SSSR count). The first-order chi connectivity index (χ1) is 8.29. The summed E-state index contributed by atoms with van der Waals surface area (Å²) in [5.41, 5.74) is -1.19. The van der Waals surface area contributed by atoms with Crippen molar-refractivity contribution in [2.75, 3.05) is 32.8 Å². The van der Waals surface area contributed by atoms with E-state index in [1.54, 1.807) is 6.92 Å².